The Morgan fingerprint density at radius 1 is 0.795 bits per heavy atom. The third-order valence-corrected chi connectivity index (χ3v) is 5.61. The highest BCUT2D eigenvalue weighted by Crippen LogP contribution is 2.33. The monoisotopic (exact) mass is 541 g/mol. The number of ether oxygens (including phenoxy) is 6. The molecule has 1 aliphatic rings. The van der Waals surface area contributed by atoms with E-state index in [9.17, 15) is 0 Å². The van der Waals surface area contributed by atoms with Crippen molar-refractivity contribution in [3.8, 4) is 23.0 Å². The molecule has 1 aliphatic heterocycles. The third kappa shape index (κ3) is 8.21. The van der Waals surface area contributed by atoms with Crippen LogP contribution in [0.25, 0.3) is 0 Å². The van der Waals surface area contributed by atoms with Gasteiger partial charge in [-0.15, -0.1) is 0 Å². The van der Waals surface area contributed by atoms with Gasteiger partial charge in [-0.1, -0.05) is 18.2 Å². The van der Waals surface area contributed by atoms with E-state index in [0.29, 0.717) is 82.0 Å². The summed E-state index contributed by atoms with van der Waals surface area (Å²) in [5.41, 5.74) is 7.30. The molecule has 0 spiro atoms. The Kier molecular flexibility index (Phi) is 10.6. The van der Waals surface area contributed by atoms with Gasteiger partial charge in [0.05, 0.1) is 40.6 Å². The molecule has 13 nitrogen and oxygen atoms in total. The van der Waals surface area contributed by atoms with Gasteiger partial charge in [-0.25, -0.2) is 0 Å². The molecule has 4 rings (SSSR count). The average molecular weight is 542 g/mol. The van der Waals surface area contributed by atoms with Crippen LogP contribution >= 0.6 is 0 Å². The Labute approximate surface area is 227 Å². The molecular formula is C26H35N7O6. The van der Waals surface area contributed by atoms with Crippen LogP contribution in [-0.4, -0.2) is 75.5 Å². The molecule has 0 bridgehead atoms. The number of benzene rings is 2. The number of methoxy groups -OCH3 is 2. The van der Waals surface area contributed by atoms with Crippen LogP contribution < -0.4 is 40.6 Å². The maximum absolute atomic E-state index is 5.58. The maximum Gasteiger partial charge on any atom is 0.231 e. The summed E-state index contributed by atoms with van der Waals surface area (Å²) in [5, 5.41) is 9.71. The lowest BCUT2D eigenvalue weighted by Crippen LogP contribution is -2.17. The van der Waals surface area contributed by atoms with Crippen LogP contribution in [0.1, 0.15) is 11.1 Å². The van der Waals surface area contributed by atoms with Crippen LogP contribution in [0.15, 0.2) is 36.4 Å². The van der Waals surface area contributed by atoms with E-state index in [-0.39, 0.29) is 6.79 Å². The molecule has 0 aliphatic carbocycles. The van der Waals surface area contributed by atoms with E-state index < -0.39 is 0 Å². The summed E-state index contributed by atoms with van der Waals surface area (Å²) >= 11 is 0. The molecule has 1 aromatic heterocycles. The first-order chi connectivity index (χ1) is 19.2. The molecule has 0 radical (unpaired) electrons. The molecule has 3 aromatic rings. The highest BCUT2D eigenvalue weighted by molar-refractivity contribution is 5.49. The SMILES string of the molecule is COc1cccc(CNc2nc(NCCOCCOCCN)nc(NCc3ccc4c(c3)OCO4)n2)c1OC. The minimum Gasteiger partial charge on any atom is -0.493 e. The second-order valence-corrected chi connectivity index (χ2v) is 8.29. The maximum atomic E-state index is 5.58. The summed E-state index contributed by atoms with van der Waals surface area (Å²) in [6.07, 6.45) is 0. The Balaban J connectivity index is 1.40. The van der Waals surface area contributed by atoms with E-state index in [2.05, 4.69) is 30.9 Å². The van der Waals surface area contributed by atoms with Crippen molar-refractivity contribution in [1.82, 2.24) is 15.0 Å². The lowest BCUT2D eigenvalue weighted by molar-refractivity contribution is 0.0547. The number of para-hydroxylation sites is 1. The van der Waals surface area contributed by atoms with Gasteiger partial charge in [-0.05, 0) is 23.8 Å². The van der Waals surface area contributed by atoms with Crippen molar-refractivity contribution in [2.24, 2.45) is 5.73 Å². The molecule has 39 heavy (non-hydrogen) atoms. The zero-order valence-corrected chi connectivity index (χ0v) is 22.2. The largest absolute Gasteiger partial charge is 0.493 e. The summed E-state index contributed by atoms with van der Waals surface area (Å²) in [7, 11) is 3.21. The van der Waals surface area contributed by atoms with Crippen molar-refractivity contribution in [2.45, 2.75) is 13.1 Å². The van der Waals surface area contributed by atoms with Crippen molar-refractivity contribution < 1.29 is 28.4 Å². The van der Waals surface area contributed by atoms with E-state index in [1.54, 1.807) is 14.2 Å². The van der Waals surface area contributed by atoms with Crippen LogP contribution in [-0.2, 0) is 22.6 Å². The fourth-order valence-electron chi connectivity index (χ4n) is 3.75. The van der Waals surface area contributed by atoms with Crippen molar-refractivity contribution in [3.05, 3.63) is 47.5 Å². The van der Waals surface area contributed by atoms with Gasteiger partial charge < -0.3 is 50.1 Å². The highest BCUT2D eigenvalue weighted by Gasteiger charge is 2.14. The second kappa shape index (κ2) is 14.8. The predicted octanol–water partition coefficient (Wildman–Crippen LogP) is 2.25. The molecule has 0 saturated carbocycles. The normalized spacial score (nSPS) is 11.8. The lowest BCUT2D eigenvalue weighted by Gasteiger charge is -2.14. The Morgan fingerprint density at radius 2 is 1.51 bits per heavy atom. The summed E-state index contributed by atoms with van der Waals surface area (Å²) in [6.45, 7) is 4.08. The van der Waals surface area contributed by atoms with E-state index >= 15 is 0 Å². The molecular weight excluding hydrogens is 506 g/mol. The van der Waals surface area contributed by atoms with Crippen molar-refractivity contribution >= 4 is 17.8 Å². The number of hydrogen-bond acceptors (Lipinski definition) is 13. The number of anilines is 3. The van der Waals surface area contributed by atoms with Gasteiger partial charge in [-0.2, -0.15) is 15.0 Å². The Morgan fingerprint density at radius 3 is 2.26 bits per heavy atom. The fourth-order valence-corrected chi connectivity index (χ4v) is 3.75. The summed E-state index contributed by atoms with van der Waals surface area (Å²) in [5.74, 6) is 3.95. The molecule has 13 heteroatoms. The summed E-state index contributed by atoms with van der Waals surface area (Å²) in [4.78, 5) is 13.6. The zero-order valence-electron chi connectivity index (χ0n) is 22.2. The number of hydrogen-bond donors (Lipinski definition) is 4. The molecule has 5 N–H and O–H groups in total. The van der Waals surface area contributed by atoms with Crippen LogP contribution in [0.5, 0.6) is 23.0 Å². The number of nitrogens with one attached hydrogen (secondary N) is 3. The van der Waals surface area contributed by atoms with Crippen molar-refractivity contribution in [3.63, 3.8) is 0 Å². The standard InChI is InChI=1S/C26H35N7O6/c1-34-21-5-3-4-19(23(21)35-2)16-30-26-32-24(28-9-11-37-13-12-36-10-8-27)31-25(33-26)29-15-18-6-7-20-22(14-18)39-17-38-20/h3-7,14H,8-13,15-17,27H2,1-2H3,(H3,28,29,30,31,32,33). The molecule has 0 fully saturated rings. The first-order valence-electron chi connectivity index (χ1n) is 12.6. The minimum absolute atomic E-state index is 0.228. The Hall–Kier alpha value is -4.07. The van der Waals surface area contributed by atoms with Gasteiger partial charge in [0.2, 0.25) is 24.6 Å². The smallest absolute Gasteiger partial charge is 0.231 e. The van der Waals surface area contributed by atoms with Crippen LogP contribution in [0.4, 0.5) is 17.8 Å². The first-order valence-corrected chi connectivity index (χ1v) is 12.6. The van der Waals surface area contributed by atoms with Gasteiger partial charge in [0.1, 0.15) is 0 Å². The van der Waals surface area contributed by atoms with Gasteiger partial charge in [0.15, 0.2) is 23.0 Å². The van der Waals surface area contributed by atoms with E-state index in [1.807, 2.05) is 36.4 Å². The average Bonchev–Trinajstić information content (AvgIpc) is 3.44. The molecule has 0 atom stereocenters. The number of rotatable bonds is 17. The number of nitrogens with zero attached hydrogens (tertiary/aromatic N) is 3. The number of nitrogens with two attached hydrogens (primary N) is 1. The van der Waals surface area contributed by atoms with Gasteiger partial charge in [0.25, 0.3) is 0 Å². The molecule has 0 amide bonds. The van der Waals surface area contributed by atoms with E-state index in [4.69, 9.17) is 34.2 Å². The Bertz CT molecular complexity index is 1200. The van der Waals surface area contributed by atoms with Crippen molar-refractivity contribution in [2.75, 3.05) is 76.5 Å². The molecule has 0 unspecified atom stereocenters. The summed E-state index contributed by atoms with van der Waals surface area (Å²) in [6, 6.07) is 11.5. The van der Waals surface area contributed by atoms with Gasteiger partial charge in [0, 0.05) is 31.7 Å². The predicted molar refractivity (Wildman–Crippen MR) is 146 cm³/mol. The second-order valence-electron chi connectivity index (χ2n) is 8.29. The first kappa shape index (κ1) is 28.0. The fraction of sp³-hybridized carbons (Fsp3) is 0.423. The quantitative estimate of drug-likeness (QED) is 0.185. The molecule has 2 aromatic carbocycles. The number of aromatic nitrogens is 3. The molecule has 2 heterocycles. The van der Waals surface area contributed by atoms with Gasteiger partial charge in [-0.3, -0.25) is 0 Å². The van der Waals surface area contributed by atoms with Crippen LogP contribution in [0, 0.1) is 0 Å². The highest BCUT2D eigenvalue weighted by atomic mass is 16.7. The van der Waals surface area contributed by atoms with Crippen LogP contribution in [0.3, 0.4) is 0 Å². The summed E-state index contributed by atoms with van der Waals surface area (Å²) < 4.78 is 32.7. The van der Waals surface area contributed by atoms with Crippen molar-refractivity contribution in [1.29, 1.82) is 0 Å². The topological polar surface area (TPSA) is 156 Å². The zero-order chi connectivity index (χ0) is 27.3. The molecule has 210 valence electrons. The van der Waals surface area contributed by atoms with E-state index in [1.165, 1.54) is 0 Å². The third-order valence-electron chi connectivity index (χ3n) is 5.61. The molecule has 0 saturated heterocycles. The van der Waals surface area contributed by atoms with E-state index in [0.717, 1.165) is 22.6 Å². The van der Waals surface area contributed by atoms with Crippen LogP contribution in [0.2, 0.25) is 0 Å². The van der Waals surface area contributed by atoms with Gasteiger partial charge >= 0.3 is 0 Å². The number of fused-ring (bicyclic) bond motifs is 1. The lowest BCUT2D eigenvalue weighted by atomic mass is 10.2. The minimum atomic E-state index is 0.228.